The molecule has 0 spiro atoms. The van der Waals surface area contributed by atoms with Crippen molar-refractivity contribution in [3.05, 3.63) is 11.6 Å². The van der Waals surface area contributed by atoms with Crippen LogP contribution >= 0.6 is 0 Å². The minimum atomic E-state index is 0.0408. The van der Waals surface area contributed by atoms with E-state index in [1.807, 2.05) is 0 Å². The summed E-state index contributed by atoms with van der Waals surface area (Å²) < 4.78 is 0. The molecule has 1 heteroatoms. The van der Waals surface area contributed by atoms with Gasteiger partial charge in [-0.25, -0.2) is 0 Å². The number of hydrogen-bond donors (Lipinski definition) is 0. The summed E-state index contributed by atoms with van der Waals surface area (Å²) in [6.45, 7) is 4.92. The van der Waals surface area contributed by atoms with Crippen molar-refractivity contribution in [1.82, 2.24) is 0 Å². The summed E-state index contributed by atoms with van der Waals surface area (Å²) in [5.41, 5.74) is 2.15. The van der Waals surface area contributed by atoms with Gasteiger partial charge in [-0.05, 0) is 80.1 Å². The van der Waals surface area contributed by atoms with Gasteiger partial charge in [0.05, 0.1) is 0 Å². The number of hydrogen-bond acceptors (Lipinski definition) is 1. The van der Waals surface area contributed by atoms with Crippen molar-refractivity contribution < 1.29 is 4.79 Å². The van der Waals surface area contributed by atoms with Gasteiger partial charge < -0.3 is 0 Å². The summed E-state index contributed by atoms with van der Waals surface area (Å²) in [7, 11) is 0. The van der Waals surface area contributed by atoms with E-state index in [0.29, 0.717) is 16.6 Å². The van der Waals surface area contributed by atoms with Gasteiger partial charge in [-0.3, -0.25) is 4.79 Å². The Morgan fingerprint density at radius 1 is 1.11 bits per heavy atom. The Kier molecular flexibility index (Phi) is 2.27. The van der Waals surface area contributed by atoms with Crippen LogP contribution < -0.4 is 0 Å². The Morgan fingerprint density at radius 3 is 2.32 bits per heavy atom. The van der Waals surface area contributed by atoms with E-state index in [2.05, 4.69) is 19.9 Å². The average molecular weight is 258 g/mol. The Bertz CT molecular complexity index is 454. The van der Waals surface area contributed by atoms with Gasteiger partial charge in [0, 0.05) is 5.41 Å². The van der Waals surface area contributed by atoms with E-state index < -0.39 is 0 Å². The van der Waals surface area contributed by atoms with Gasteiger partial charge in [-0.1, -0.05) is 19.9 Å². The lowest BCUT2D eigenvalue weighted by molar-refractivity contribution is -0.164. The van der Waals surface area contributed by atoms with Crippen LogP contribution in [0.3, 0.4) is 0 Å². The molecule has 1 nitrogen and oxygen atoms in total. The molecule has 0 radical (unpaired) electrons. The minimum Gasteiger partial charge on any atom is -0.294 e. The highest BCUT2D eigenvalue weighted by Gasteiger charge is 2.62. The molecular formula is C18H26O. The van der Waals surface area contributed by atoms with Crippen molar-refractivity contribution in [2.75, 3.05) is 0 Å². The van der Waals surface area contributed by atoms with Gasteiger partial charge in [0.1, 0.15) is 0 Å². The second-order valence-electron chi connectivity index (χ2n) is 8.86. The molecule has 5 rings (SSSR count). The molecule has 2 unspecified atom stereocenters. The van der Waals surface area contributed by atoms with Gasteiger partial charge in [0.15, 0.2) is 5.78 Å². The molecular weight excluding hydrogens is 232 g/mol. The van der Waals surface area contributed by atoms with Crippen LogP contribution in [0, 0.1) is 22.2 Å². The maximum Gasteiger partial charge on any atom is 0.164 e. The second-order valence-corrected chi connectivity index (χ2v) is 8.86. The summed E-state index contributed by atoms with van der Waals surface area (Å²) in [4.78, 5) is 13.1. The second kappa shape index (κ2) is 3.54. The summed E-state index contributed by atoms with van der Waals surface area (Å²) in [6.07, 6.45) is 13.3. The minimum absolute atomic E-state index is 0.0408. The third-order valence-electron chi connectivity index (χ3n) is 6.44. The molecule has 0 aromatic rings. The lowest BCUT2D eigenvalue weighted by atomic mass is 9.39. The third-order valence-corrected chi connectivity index (χ3v) is 6.44. The van der Waals surface area contributed by atoms with Crippen LogP contribution in [0.4, 0.5) is 0 Å². The molecule has 2 atom stereocenters. The molecule has 0 N–H and O–H groups in total. The highest BCUT2D eigenvalue weighted by atomic mass is 16.1. The van der Waals surface area contributed by atoms with Crippen LogP contribution in [0.25, 0.3) is 0 Å². The van der Waals surface area contributed by atoms with E-state index in [1.54, 1.807) is 0 Å². The lowest BCUT2D eigenvalue weighted by Crippen LogP contribution is -2.57. The number of Topliss-reactive ketones (excluding diaryl/α,β-unsaturated/α-hetero) is 1. The Balaban J connectivity index is 1.72. The Morgan fingerprint density at radius 2 is 1.79 bits per heavy atom. The van der Waals surface area contributed by atoms with E-state index in [9.17, 15) is 4.79 Å². The topological polar surface area (TPSA) is 17.1 Å². The molecule has 4 saturated carbocycles. The average Bonchev–Trinajstić information content (AvgIpc) is 2.75. The van der Waals surface area contributed by atoms with Gasteiger partial charge in [-0.2, -0.15) is 0 Å². The fourth-order valence-electron chi connectivity index (χ4n) is 6.92. The van der Waals surface area contributed by atoms with Crippen molar-refractivity contribution >= 4 is 5.78 Å². The first-order valence-electron chi connectivity index (χ1n) is 8.16. The zero-order valence-corrected chi connectivity index (χ0v) is 12.4. The number of rotatable bonds is 2. The molecule has 0 aliphatic heterocycles. The number of carbonyl (C=O) groups excluding carboxylic acids is 1. The van der Waals surface area contributed by atoms with Crippen LogP contribution in [0.2, 0.25) is 0 Å². The molecule has 4 bridgehead atoms. The summed E-state index contributed by atoms with van der Waals surface area (Å²) in [6, 6.07) is 0. The first-order valence-corrected chi connectivity index (χ1v) is 8.16. The van der Waals surface area contributed by atoms with E-state index in [4.69, 9.17) is 0 Å². The van der Waals surface area contributed by atoms with Crippen LogP contribution in [0.15, 0.2) is 11.6 Å². The summed E-state index contributed by atoms with van der Waals surface area (Å²) >= 11 is 0. The largest absolute Gasteiger partial charge is 0.294 e. The van der Waals surface area contributed by atoms with E-state index >= 15 is 0 Å². The van der Waals surface area contributed by atoms with E-state index in [0.717, 1.165) is 18.8 Å². The molecule has 0 aromatic heterocycles. The molecule has 4 fully saturated rings. The fraction of sp³-hybridized carbons (Fsp3) is 0.833. The van der Waals surface area contributed by atoms with Gasteiger partial charge in [-0.15, -0.1) is 0 Å². The van der Waals surface area contributed by atoms with Crippen molar-refractivity contribution in [2.45, 2.75) is 71.6 Å². The molecule has 104 valence electrons. The molecule has 0 saturated heterocycles. The van der Waals surface area contributed by atoms with Crippen molar-refractivity contribution in [2.24, 2.45) is 22.2 Å². The highest BCUT2D eigenvalue weighted by molar-refractivity contribution is 6.00. The molecule has 0 amide bonds. The van der Waals surface area contributed by atoms with Crippen LogP contribution in [-0.2, 0) is 4.79 Å². The van der Waals surface area contributed by atoms with Crippen molar-refractivity contribution in [3.63, 3.8) is 0 Å². The molecule has 19 heavy (non-hydrogen) atoms. The third kappa shape index (κ3) is 1.69. The number of ketones is 1. The Labute approximate surface area is 116 Å². The zero-order valence-electron chi connectivity index (χ0n) is 12.4. The smallest absolute Gasteiger partial charge is 0.164 e. The molecule has 0 aromatic carbocycles. The zero-order chi connectivity index (χ0) is 13.3. The molecule has 5 aliphatic carbocycles. The summed E-state index contributed by atoms with van der Waals surface area (Å²) in [5, 5.41) is 0. The molecule has 0 heterocycles. The monoisotopic (exact) mass is 258 g/mol. The van der Waals surface area contributed by atoms with Crippen LogP contribution in [0.5, 0.6) is 0 Å². The molecule has 5 aliphatic rings. The van der Waals surface area contributed by atoms with E-state index in [-0.39, 0.29) is 5.41 Å². The number of carbonyl (C=O) groups is 1. The maximum absolute atomic E-state index is 13.1. The van der Waals surface area contributed by atoms with E-state index in [1.165, 1.54) is 50.5 Å². The van der Waals surface area contributed by atoms with Crippen molar-refractivity contribution in [3.8, 4) is 0 Å². The summed E-state index contributed by atoms with van der Waals surface area (Å²) in [5.74, 6) is 1.39. The predicted molar refractivity (Wildman–Crippen MR) is 76.8 cm³/mol. The lowest BCUT2D eigenvalue weighted by Gasteiger charge is -2.64. The first kappa shape index (κ1) is 12.2. The van der Waals surface area contributed by atoms with Gasteiger partial charge in [0.2, 0.25) is 0 Å². The van der Waals surface area contributed by atoms with Crippen molar-refractivity contribution in [1.29, 1.82) is 0 Å². The van der Waals surface area contributed by atoms with Gasteiger partial charge >= 0.3 is 0 Å². The first-order chi connectivity index (χ1) is 8.92. The highest BCUT2D eigenvalue weighted by Crippen LogP contribution is 2.70. The normalized spacial score (nSPS) is 51.5. The Hall–Kier alpha value is -0.590. The quantitative estimate of drug-likeness (QED) is 0.704. The van der Waals surface area contributed by atoms with Gasteiger partial charge in [0.25, 0.3) is 0 Å². The SMILES string of the molecule is CC12CC3CC(C)(C1)CC(C(=O)C1=CCCC1)(C3)C2. The fourth-order valence-corrected chi connectivity index (χ4v) is 6.92. The number of allylic oxidation sites excluding steroid dienone is 2. The predicted octanol–water partition coefficient (Wildman–Crippen LogP) is 4.66. The maximum atomic E-state index is 13.1. The van der Waals surface area contributed by atoms with Crippen LogP contribution in [-0.4, -0.2) is 5.78 Å². The standard InChI is InChI=1S/C18H26O/c1-16-7-13-8-17(2,10-16)12-18(9-13,11-16)15(19)14-5-3-4-6-14/h5,13H,3-4,6-12H2,1-2H3. The van der Waals surface area contributed by atoms with Crippen LogP contribution in [0.1, 0.15) is 71.6 Å².